The number of nitrogens with one attached hydrogen (secondary N) is 2. The number of carbonyl (C=O) groups is 4. The highest BCUT2D eigenvalue weighted by Crippen LogP contribution is 2.48. The van der Waals surface area contributed by atoms with Gasteiger partial charge in [0.2, 0.25) is 27.7 Å². The molecule has 4 amide bonds. The molecular formula is C41H55F3N6O9S. The van der Waals surface area contributed by atoms with Crippen molar-refractivity contribution >= 4 is 50.3 Å². The molecule has 3 heterocycles. The number of fused-ring (bicyclic) bond motifs is 3. The van der Waals surface area contributed by atoms with Crippen molar-refractivity contribution in [2.45, 2.75) is 120 Å². The van der Waals surface area contributed by atoms with Crippen molar-refractivity contribution in [1.82, 2.24) is 24.8 Å². The third-order valence-electron chi connectivity index (χ3n) is 12.8. The Balaban J connectivity index is 1.44. The maximum Gasteiger partial charge on any atom is 0.411 e. The van der Waals surface area contributed by atoms with Gasteiger partial charge < -0.3 is 29.7 Å². The van der Waals surface area contributed by atoms with Gasteiger partial charge in [-0.1, -0.05) is 26.0 Å². The summed E-state index contributed by atoms with van der Waals surface area (Å²) in [6, 6.07) is 2.07. The van der Waals surface area contributed by atoms with Crippen molar-refractivity contribution in [1.29, 1.82) is 0 Å². The molecule has 2 aliphatic heterocycles. The van der Waals surface area contributed by atoms with Crippen molar-refractivity contribution in [2.75, 3.05) is 32.6 Å². The minimum absolute atomic E-state index is 0.0480. The van der Waals surface area contributed by atoms with Crippen LogP contribution in [0.15, 0.2) is 36.5 Å². The number of ether oxygens (including phenoxy) is 2. The monoisotopic (exact) mass is 864 g/mol. The van der Waals surface area contributed by atoms with Crippen LogP contribution in [0.25, 0.3) is 10.8 Å². The second-order valence-electron chi connectivity index (χ2n) is 17.9. The van der Waals surface area contributed by atoms with Crippen molar-refractivity contribution in [2.24, 2.45) is 17.8 Å². The highest BCUT2D eigenvalue weighted by atomic mass is 32.2. The fraction of sp³-hybridized carbons (Fsp3) is 0.634. The Kier molecular flexibility index (Phi) is 11.9. The van der Waals surface area contributed by atoms with Crippen molar-refractivity contribution < 1.29 is 55.3 Å². The summed E-state index contributed by atoms with van der Waals surface area (Å²) in [6.45, 7) is 5.92. The number of rotatable bonds is 9. The van der Waals surface area contributed by atoms with E-state index in [9.17, 15) is 41.1 Å². The number of sulfonamides is 1. The number of hydrogen-bond donors (Lipinski definition) is 3. The zero-order valence-electron chi connectivity index (χ0n) is 35.1. The number of pyridine rings is 1. The normalized spacial score (nSPS) is 28.9. The van der Waals surface area contributed by atoms with Crippen LogP contribution in [0.5, 0.6) is 11.6 Å². The summed E-state index contributed by atoms with van der Waals surface area (Å²) in [7, 11) is 1.09. The lowest BCUT2D eigenvalue weighted by molar-refractivity contribution is -0.222. The van der Waals surface area contributed by atoms with Crippen LogP contribution < -0.4 is 24.4 Å². The van der Waals surface area contributed by atoms with Gasteiger partial charge in [-0.05, 0) is 89.3 Å². The van der Waals surface area contributed by atoms with Gasteiger partial charge in [-0.15, -0.1) is 0 Å². The number of methoxy groups -OCH3 is 1. The molecule has 2 saturated carbocycles. The first kappa shape index (κ1) is 44.7. The summed E-state index contributed by atoms with van der Waals surface area (Å²) in [6.07, 6.45) is -1.43. The maximum atomic E-state index is 15.1. The minimum Gasteiger partial charge on any atom is -0.494 e. The zero-order valence-corrected chi connectivity index (χ0v) is 35.9. The van der Waals surface area contributed by atoms with Crippen LogP contribution in [0.2, 0.25) is 0 Å². The number of carboxylic acid groups (broad SMARTS) is 1. The van der Waals surface area contributed by atoms with Gasteiger partial charge in [0.15, 0.2) is 0 Å². The number of alkyl halides is 3. The molecule has 2 aliphatic carbocycles. The molecule has 7 atom stereocenters. The fourth-order valence-corrected chi connectivity index (χ4v) is 9.77. The third kappa shape index (κ3) is 8.29. The molecule has 1 saturated heterocycles. The molecule has 15 nitrogen and oxygen atoms in total. The fourth-order valence-electron chi connectivity index (χ4n) is 8.46. The molecule has 0 spiro atoms. The van der Waals surface area contributed by atoms with Gasteiger partial charge in [0.05, 0.1) is 24.6 Å². The summed E-state index contributed by atoms with van der Waals surface area (Å²) < 4.78 is 83.7. The Labute approximate surface area is 348 Å². The van der Waals surface area contributed by atoms with E-state index >= 15 is 4.79 Å². The number of allylic oxidation sites excluding steroid dienone is 1. The molecule has 60 heavy (non-hydrogen) atoms. The van der Waals surface area contributed by atoms with E-state index in [1.807, 2.05) is 44.1 Å². The highest BCUT2D eigenvalue weighted by Gasteiger charge is 2.64. The summed E-state index contributed by atoms with van der Waals surface area (Å²) in [5.41, 5.74) is -3.92. The summed E-state index contributed by atoms with van der Waals surface area (Å²) in [4.78, 5) is 64.2. The van der Waals surface area contributed by atoms with Crippen molar-refractivity contribution in [3.63, 3.8) is 0 Å². The Morgan fingerprint density at radius 2 is 1.78 bits per heavy atom. The lowest BCUT2D eigenvalue weighted by Crippen LogP contribution is -2.66. The van der Waals surface area contributed by atoms with Crippen LogP contribution in [-0.4, -0.2) is 120 Å². The van der Waals surface area contributed by atoms with Crippen LogP contribution >= 0.6 is 0 Å². The molecule has 4 aliphatic rings. The summed E-state index contributed by atoms with van der Waals surface area (Å²) >= 11 is 0. The third-order valence-corrected chi connectivity index (χ3v) is 15.0. The number of carbonyl (C=O) groups excluding carboxylic acids is 3. The first-order valence-electron chi connectivity index (χ1n) is 20.1. The average Bonchev–Trinajstić information content (AvgIpc) is 4.04. The molecule has 330 valence electrons. The molecular weight excluding hydrogens is 810 g/mol. The predicted molar refractivity (Wildman–Crippen MR) is 216 cm³/mol. The lowest BCUT2D eigenvalue weighted by atomic mass is 9.85. The zero-order chi connectivity index (χ0) is 44.3. The van der Waals surface area contributed by atoms with Gasteiger partial charge in [0.25, 0.3) is 5.91 Å². The largest absolute Gasteiger partial charge is 0.494 e. The van der Waals surface area contributed by atoms with Gasteiger partial charge >= 0.3 is 12.3 Å². The lowest BCUT2D eigenvalue weighted by Gasteiger charge is -2.45. The number of aromatic nitrogens is 1. The van der Waals surface area contributed by atoms with E-state index in [-0.39, 0.29) is 42.5 Å². The van der Waals surface area contributed by atoms with E-state index in [0.717, 1.165) is 10.6 Å². The Morgan fingerprint density at radius 3 is 2.38 bits per heavy atom. The molecule has 0 unspecified atom stereocenters. The molecule has 3 fully saturated rings. The SMILES string of the molecule is COc1cnc(O[C@@H]2C[C@H]3C(=O)N[C@]4(C(=O)NS(=O)(=O)C5(C)CC5)C[C@H]4/C=C\CC[C@H](C)C[C@@H](C)[C@H](N(C(=O)O)C(C)(C)C(F)(F)F)C(=O)N3C2)c2ccc(N(C)C)cc12. The summed E-state index contributed by atoms with van der Waals surface area (Å²) in [5.74, 6) is -4.08. The second kappa shape index (κ2) is 15.9. The van der Waals surface area contributed by atoms with Crippen LogP contribution in [0.1, 0.15) is 79.6 Å². The van der Waals surface area contributed by atoms with E-state index in [2.05, 4.69) is 15.0 Å². The second-order valence-corrected chi connectivity index (χ2v) is 20.1. The molecule has 3 N–H and O–H groups in total. The number of hydrogen-bond acceptors (Lipinski definition) is 10. The first-order chi connectivity index (χ1) is 27.9. The Morgan fingerprint density at radius 1 is 1.10 bits per heavy atom. The quantitative estimate of drug-likeness (QED) is 0.280. The van der Waals surface area contributed by atoms with Crippen LogP contribution in [-0.2, 0) is 24.4 Å². The van der Waals surface area contributed by atoms with Crippen LogP contribution in [0, 0.1) is 17.8 Å². The minimum atomic E-state index is -5.10. The van der Waals surface area contributed by atoms with Gasteiger partial charge in [0.1, 0.15) is 35.0 Å². The molecule has 0 bridgehead atoms. The number of anilines is 1. The van der Waals surface area contributed by atoms with Gasteiger partial charge in [-0.25, -0.2) is 18.2 Å². The van der Waals surface area contributed by atoms with E-state index in [1.54, 1.807) is 12.1 Å². The molecule has 1 aromatic heterocycles. The Hall–Kier alpha value is -4.81. The van der Waals surface area contributed by atoms with Crippen LogP contribution in [0.4, 0.5) is 23.7 Å². The van der Waals surface area contributed by atoms with E-state index < -0.39 is 85.9 Å². The van der Waals surface area contributed by atoms with E-state index in [0.29, 0.717) is 56.1 Å². The van der Waals surface area contributed by atoms with Gasteiger partial charge in [0, 0.05) is 42.9 Å². The average molecular weight is 865 g/mol. The maximum absolute atomic E-state index is 15.1. The molecule has 2 aromatic rings. The number of halogens is 3. The first-order valence-corrected chi connectivity index (χ1v) is 21.6. The predicted octanol–water partition coefficient (Wildman–Crippen LogP) is 5.23. The topological polar surface area (TPSA) is 188 Å². The molecule has 6 rings (SSSR count). The number of amides is 4. The van der Waals surface area contributed by atoms with E-state index in [4.69, 9.17) is 9.47 Å². The van der Waals surface area contributed by atoms with Crippen molar-refractivity contribution in [3.8, 4) is 11.6 Å². The standard InChI is InChI=1S/C41H55F3N6O9S/c1-23-11-9-10-12-25-20-40(25,36(53)47-60(56,57)39(5)15-16-39)46-33(51)30-19-27(59-34-28-14-13-26(48(6)7)18-29(28)31(58-8)21-45-34)22-49(30)35(52)32(24(2)17-23)50(37(54)55)38(3,4)41(42,43)44/h10,12-14,18,21,23-25,27,30,32H,9,11,15-17,19-20,22H2,1-8H3,(H,46,51)(H,47,53)(H,54,55)/b12-10-/t23-,24+,25+,27+,30-,32-,40+/m0/s1. The van der Waals surface area contributed by atoms with Crippen molar-refractivity contribution in [3.05, 3.63) is 36.5 Å². The molecule has 1 aromatic carbocycles. The van der Waals surface area contributed by atoms with E-state index in [1.165, 1.54) is 27.2 Å². The highest BCUT2D eigenvalue weighted by molar-refractivity contribution is 7.91. The van der Waals surface area contributed by atoms with Gasteiger partial charge in [-0.3, -0.25) is 24.0 Å². The number of benzene rings is 1. The number of nitrogens with zero attached hydrogens (tertiary/aromatic N) is 4. The molecule has 0 radical (unpaired) electrons. The molecule has 19 heteroatoms. The smallest absolute Gasteiger partial charge is 0.411 e. The Bertz CT molecular complexity index is 2180. The summed E-state index contributed by atoms with van der Waals surface area (Å²) in [5, 5.41) is 14.4. The van der Waals surface area contributed by atoms with Crippen LogP contribution in [0.3, 0.4) is 0 Å². The van der Waals surface area contributed by atoms with Gasteiger partial charge in [-0.2, -0.15) is 13.2 Å².